The Morgan fingerprint density at radius 3 is 2.78 bits per heavy atom. The van der Waals surface area contributed by atoms with Gasteiger partial charge < -0.3 is 5.32 Å². The predicted octanol–water partition coefficient (Wildman–Crippen LogP) is 1.54. The lowest BCUT2D eigenvalue weighted by molar-refractivity contribution is 0.938. The number of nitrogens with one attached hydrogen (secondary N) is 2. The highest BCUT2D eigenvalue weighted by atomic mass is 14.9. The molecule has 0 aliphatic carbocycles. The highest BCUT2D eigenvalue weighted by molar-refractivity contribution is 5.80. The summed E-state index contributed by atoms with van der Waals surface area (Å²) in [6, 6.07) is 0. The van der Waals surface area contributed by atoms with Crippen molar-refractivity contribution in [1.29, 1.82) is 5.41 Å². The topological polar surface area (TPSA) is 35.9 Å². The van der Waals surface area contributed by atoms with Gasteiger partial charge in [0.15, 0.2) is 0 Å². The molecule has 0 aromatic rings. The second-order valence-corrected chi connectivity index (χ2v) is 1.78. The maximum atomic E-state index is 7.23. The largest absolute Gasteiger partial charge is 0.374 e. The van der Waals surface area contributed by atoms with Crippen LogP contribution in [-0.4, -0.2) is 12.4 Å². The van der Waals surface area contributed by atoms with E-state index in [-0.39, 0.29) is 0 Å². The summed E-state index contributed by atoms with van der Waals surface area (Å²) < 4.78 is 0. The summed E-state index contributed by atoms with van der Waals surface area (Å²) in [5.74, 6) is 0.593. The van der Waals surface area contributed by atoms with Crippen LogP contribution in [0.1, 0.15) is 20.3 Å². The van der Waals surface area contributed by atoms with Crippen molar-refractivity contribution in [3.05, 3.63) is 12.2 Å². The van der Waals surface area contributed by atoms with Crippen molar-refractivity contribution in [1.82, 2.24) is 5.32 Å². The van der Waals surface area contributed by atoms with E-state index in [0.29, 0.717) is 5.84 Å². The summed E-state index contributed by atoms with van der Waals surface area (Å²) in [5.41, 5.74) is 0. The fraction of sp³-hybridized carbons (Fsp3) is 0.571. The summed E-state index contributed by atoms with van der Waals surface area (Å²) in [7, 11) is 0. The van der Waals surface area contributed by atoms with Crippen LogP contribution in [-0.2, 0) is 0 Å². The zero-order valence-electron chi connectivity index (χ0n) is 6.07. The number of hydrogen-bond donors (Lipinski definition) is 2. The van der Waals surface area contributed by atoms with E-state index >= 15 is 0 Å². The monoisotopic (exact) mass is 126 g/mol. The van der Waals surface area contributed by atoms with Gasteiger partial charge in [0.05, 0.1) is 5.84 Å². The Morgan fingerprint density at radius 1 is 1.67 bits per heavy atom. The van der Waals surface area contributed by atoms with Gasteiger partial charge in [0.2, 0.25) is 0 Å². The van der Waals surface area contributed by atoms with Crippen LogP contribution in [0.3, 0.4) is 0 Å². The third-order valence-corrected chi connectivity index (χ3v) is 0.948. The smallest absolute Gasteiger partial charge is 0.0970 e. The Bertz CT molecular complexity index is 105. The molecule has 0 spiro atoms. The molecule has 0 atom stereocenters. The van der Waals surface area contributed by atoms with E-state index in [9.17, 15) is 0 Å². The minimum absolute atomic E-state index is 0.593. The molecule has 0 radical (unpaired) electrons. The van der Waals surface area contributed by atoms with Crippen LogP contribution in [0.5, 0.6) is 0 Å². The fourth-order valence-corrected chi connectivity index (χ4v) is 0.521. The third-order valence-electron chi connectivity index (χ3n) is 0.948. The summed E-state index contributed by atoms with van der Waals surface area (Å²) in [4.78, 5) is 0. The molecule has 0 aliphatic rings. The molecule has 9 heavy (non-hydrogen) atoms. The normalized spacial score (nSPS) is 10.0. The van der Waals surface area contributed by atoms with Gasteiger partial charge in [-0.2, -0.15) is 0 Å². The van der Waals surface area contributed by atoms with Crippen molar-refractivity contribution in [3.63, 3.8) is 0 Å². The van der Waals surface area contributed by atoms with E-state index in [1.54, 1.807) is 0 Å². The molecule has 0 bridgehead atoms. The van der Waals surface area contributed by atoms with Gasteiger partial charge in [-0.3, -0.25) is 5.41 Å². The van der Waals surface area contributed by atoms with Gasteiger partial charge in [-0.05, 0) is 13.8 Å². The molecule has 0 aliphatic heterocycles. The SMILES string of the molecule is C/C=C/CC(=N)NCC. The Labute approximate surface area is 56.5 Å². The molecule has 0 amide bonds. The van der Waals surface area contributed by atoms with E-state index in [0.717, 1.165) is 13.0 Å². The number of allylic oxidation sites excluding steroid dienone is 1. The summed E-state index contributed by atoms with van der Waals surface area (Å²) in [5, 5.41) is 10.1. The van der Waals surface area contributed by atoms with Crippen molar-refractivity contribution in [3.8, 4) is 0 Å². The first kappa shape index (κ1) is 8.21. The Balaban J connectivity index is 3.27. The average molecular weight is 126 g/mol. The van der Waals surface area contributed by atoms with Gasteiger partial charge in [-0.15, -0.1) is 0 Å². The van der Waals surface area contributed by atoms with Crippen LogP contribution in [0.15, 0.2) is 12.2 Å². The fourth-order valence-electron chi connectivity index (χ4n) is 0.521. The first-order valence-electron chi connectivity index (χ1n) is 3.23. The molecule has 0 heterocycles. The van der Waals surface area contributed by atoms with Gasteiger partial charge in [-0.25, -0.2) is 0 Å². The number of rotatable bonds is 3. The van der Waals surface area contributed by atoms with Crippen molar-refractivity contribution >= 4 is 5.84 Å². The lowest BCUT2D eigenvalue weighted by atomic mass is 10.3. The molecule has 0 rings (SSSR count). The minimum atomic E-state index is 0.593. The molecule has 52 valence electrons. The van der Waals surface area contributed by atoms with Gasteiger partial charge in [0.25, 0.3) is 0 Å². The minimum Gasteiger partial charge on any atom is -0.374 e. The van der Waals surface area contributed by atoms with Gasteiger partial charge in [0.1, 0.15) is 0 Å². The molecule has 2 N–H and O–H groups in total. The first-order valence-corrected chi connectivity index (χ1v) is 3.23. The van der Waals surface area contributed by atoms with Crippen LogP contribution < -0.4 is 5.32 Å². The third kappa shape index (κ3) is 5.07. The van der Waals surface area contributed by atoms with Crippen molar-refractivity contribution < 1.29 is 0 Å². The molecular weight excluding hydrogens is 112 g/mol. The van der Waals surface area contributed by atoms with Crippen LogP contribution in [0.25, 0.3) is 0 Å². The van der Waals surface area contributed by atoms with Gasteiger partial charge in [0, 0.05) is 13.0 Å². The molecule has 0 aromatic heterocycles. The van der Waals surface area contributed by atoms with E-state index in [1.807, 2.05) is 26.0 Å². The molecule has 0 saturated heterocycles. The highest BCUT2D eigenvalue weighted by Crippen LogP contribution is 1.81. The molecule has 2 nitrogen and oxygen atoms in total. The maximum absolute atomic E-state index is 7.23. The van der Waals surface area contributed by atoms with E-state index < -0.39 is 0 Å². The summed E-state index contributed by atoms with van der Waals surface area (Å²) in [6.45, 7) is 4.79. The summed E-state index contributed by atoms with van der Waals surface area (Å²) in [6.07, 6.45) is 4.64. The predicted molar refractivity (Wildman–Crippen MR) is 40.8 cm³/mol. The van der Waals surface area contributed by atoms with E-state index in [2.05, 4.69) is 5.32 Å². The van der Waals surface area contributed by atoms with Gasteiger partial charge >= 0.3 is 0 Å². The average Bonchev–Trinajstić information content (AvgIpc) is 1.85. The van der Waals surface area contributed by atoms with E-state index in [4.69, 9.17) is 5.41 Å². The standard InChI is InChI=1S/C7H14N2/c1-3-5-6-7(8)9-4-2/h3,5H,4,6H2,1-2H3,(H2,8,9)/b5-3+. The Kier molecular flexibility index (Phi) is 4.88. The van der Waals surface area contributed by atoms with Crippen LogP contribution in [0, 0.1) is 5.41 Å². The highest BCUT2D eigenvalue weighted by Gasteiger charge is 1.86. The zero-order valence-corrected chi connectivity index (χ0v) is 6.07. The van der Waals surface area contributed by atoms with E-state index in [1.165, 1.54) is 0 Å². The van der Waals surface area contributed by atoms with Crippen molar-refractivity contribution in [2.45, 2.75) is 20.3 Å². The molecular formula is C7H14N2. The van der Waals surface area contributed by atoms with Crippen LogP contribution >= 0.6 is 0 Å². The lowest BCUT2D eigenvalue weighted by Gasteiger charge is -1.99. The Morgan fingerprint density at radius 2 is 2.33 bits per heavy atom. The molecule has 0 saturated carbocycles. The van der Waals surface area contributed by atoms with Crippen molar-refractivity contribution in [2.24, 2.45) is 0 Å². The van der Waals surface area contributed by atoms with Gasteiger partial charge in [-0.1, -0.05) is 12.2 Å². The lowest BCUT2D eigenvalue weighted by Crippen LogP contribution is -2.20. The molecule has 0 unspecified atom stereocenters. The molecule has 0 fully saturated rings. The number of amidine groups is 1. The number of hydrogen-bond acceptors (Lipinski definition) is 1. The Hall–Kier alpha value is -0.790. The maximum Gasteiger partial charge on any atom is 0.0970 e. The molecule has 2 heteroatoms. The zero-order chi connectivity index (χ0) is 7.11. The molecule has 0 aromatic carbocycles. The van der Waals surface area contributed by atoms with Crippen LogP contribution in [0.4, 0.5) is 0 Å². The quantitative estimate of drug-likeness (QED) is 0.336. The second kappa shape index (κ2) is 5.35. The van der Waals surface area contributed by atoms with Crippen LogP contribution in [0.2, 0.25) is 0 Å². The summed E-state index contributed by atoms with van der Waals surface area (Å²) >= 11 is 0. The van der Waals surface area contributed by atoms with Crippen molar-refractivity contribution in [2.75, 3.05) is 6.54 Å². The second-order valence-electron chi connectivity index (χ2n) is 1.78. The first-order chi connectivity index (χ1) is 4.31.